The fraction of sp³-hybridized carbons (Fsp3) is 0.143. The van der Waals surface area contributed by atoms with Crippen molar-refractivity contribution < 1.29 is 5.11 Å². The maximum absolute atomic E-state index is 7.00. The lowest BCUT2D eigenvalue weighted by molar-refractivity contribution is 0.399. The van der Waals surface area contributed by atoms with Gasteiger partial charge in [0.1, 0.15) is 0 Å². The van der Waals surface area contributed by atoms with E-state index in [1.54, 1.807) is 0 Å². The summed E-state index contributed by atoms with van der Waals surface area (Å²) in [4.78, 5) is 0. The molecule has 0 saturated heterocycles. The summed E-state index contributed by atoms with van der Waals surface area (Å²) < 4.78 is 0. The maximum Gasteiger partial charge on any atom is 0.0400 e. The predicted molar refractivity (Wildman–Crippen MR) is 68.4 cm³/mol. The Balaban J connectivity index is 0.000000606. The van der Waals surface area contributed by atoms with E-state index in [4.69, 9.17) is 5.11 Å². The van der Waals surface area contributed by atoms with Gasteiger partial charge in [-0.05, 0) is 17.7 Å². The molecule has 2 rings (SSSR count). The minimum atomic E-state index is 0.880. The molecule has 2 aromatic rings. The summed E-state index contributed by atoms with van der Waals surface area (Å²) in [6, 6.07) is 20.6. The Hall–Kier alpha value is -1.80. The van der Waals surface area contributed by atoms with Gasteiger partial charge in [-0.2, -0.15) is 0 Å². The second-order valence-corrected chi connectivity index (χ2v) is 3.21. The second kappa shape index (κ2) is 7.49. The zero-order valence-corrected chi connectivity index (χ0v) is 9.43. The molecule has 2 N–H and O–H groups in total. The van der Waals surface area contributed by atoms with Gasteiger partial charge in [0.05, 0.1) is 0 Å². The fourth-order valence-corrected chi connectivity index (χ4v) is 1.36. The van der Waals surface area contributed by atoms with Crippen LogP contribution in [-0.2, 0) is 6.54 Å². The first-order valence-electron chi connectivity index (χ1n) is 5.23. The van der Waals surface area contributed by atoms with Crippen molar-refractivity contribution in [1.82, 2.24) is 0 Å². The molecule has 84 valence electrons. The van der Waals surface area contributed by atoms with Crippen LogP contribution < -0.4 is 5.32 Å². The van der Waals surface area contributed by atoms with Crippen molar-refractivity contribution in [3.63, 3.8) is 0 Å². The molecule has 0 unspecified atom stereocenters. The van der Waals surface area contributed by atoms with Gasteiger partial charge in [0, 0.05) is 19.3 Å². The Bertz CT molecular complexity index is 333. The van der Waals surface area contributed by atoms with Crippen LogP contribution in [0, 0.1) is 0 Å². The molecule has 2 nitrogen and oxygen atoms in total. The molecule has 2 heteroatoms. The Morgan fingerprint density at radius 2 is 1.31 bits per heavy atom. The molecule has 0 atom stereocenters. The van der Waals surface area contributed by atoms with Crippen molar-refractivity contribution in [3.8, 4) is 0 Å². The number of hydrogen-bond acceptors (Lipinski definition) is 2. The predicted octanol–water partition coefficient (Wildman–Crippen LogP) is 2.91. The summed E-state index contributed by atoms with van der Waals surface area (Å²) in [6.45, 7) is 0.880. The topological polar surface area (TPSA) is 32.3 Å². The SMILES string of the molecule is CO.c1ccc(CNc2ccccc2)cc1. The number of rotatable bonds is 3. The number of hydrogen-bond donors (Lipinski definition) is 2. The van der Waals surface area contributed by atoms with Crippen LogP contribution in [-0.4, -0.2) is 12.2 Å². The summed E-state index contributed by atoms with van der Waals surface area (Å²) in [7, 11) is 1.00. The summed E-state index contributed by atoms with van der Waals surface area (Å²) in [5.74, 6) is 0. The average Bonchev–Trinajstić information content (AvgIpc) is 2.41. The Morgan fingerprint density at radius 3 is 1.88 bits per heavy atom. The van der Waals surface area contributed by atoms with Crippen LogP contribution >= 0.6 is 0 Å². The van der Waals surface area contributed by atoms with E-state index < -0.39 is 0 Å². The molecule has 16 heavy (non-hydrogen) atoms. The van der Waals surface area contributed by atoms with Crippen molar-refractivity contribution in [3.05, 3.63) is 66.2 Å². The van der Waals surface area contributed by atoms with Gasteiger partial charge in [-0.15, -0.1) is 0 Å². The standard InChI is InChI=1S/C13H13N.CH4O/c1-3-7-12(8-4-1)11-14-13-9-5-2-6-10-13;1-2/h1-10,14H,11H2;2H,1H3. The molecule has 0 aliphatic heterocycles. The molecule has 0 aromatic heterocycles. The van der Waals surface area contributed by atoms with E-state index in [1.807, 2.05) is 24.3 Å². The number of aliphatic hydroxyl groups is 1. The average molecular weight is 215 g/mol. The molecule has 0 heterocycles. The van der Waals surface area contributed by atoms with E-state index in [2.05, 4.69) is 41.7 Å². The second-order valence-electron chi connectivity index (χ2n) is 3.21. The quantitative estimate of drug-likeness (QED) is 0.825. The molecule has 0 bridgehead atoms. The van der Waals surface area contributed by atoms with Crippen molar-refractivity contribution in [2.45, 2.75) is 6.54 Å². The van der Waals surface area contributed by atoms with E-state index in [9.17, 15) is 0 Å². The summed E-state index contributed by atoms with van der Waals surface area (Å²) in [5, 5.41) is 10.4. The van der Waals surface area contributed by atoms with Crippen LogP contribution in [0.4, 0.5) is 5.69 Å². The smallest absolute Gasteiger partial charge is 0.0400 e. The van der Waals surface area contributed by atoms with Crippen LogP contribution in [0.3, 0.4) is 0 Å². The molecule has 2 aromatic carbocycles. The largest absolute Gasteiger partial charge is 0.400 e. The minimum absolute atomic E-state index is 0.880. The highest BCUT2D eigenvalue weighted by atomic mass is 16.2. The van der Waals surface area contributed by atoms with Crippen LogP contribution in [0.5, 0.6) is 0 Å². The Morgan fingerprint density at radius 1 is 0.812 bits per heavy atom. The first-order chi connectivity index (χ1) is 7.95. The van der Waals surface area contributed by atoms with Crippen LogP contribution in [0.1, 0.15) is 5.56 Å². The zero-order chi connectivity index (χ0) is 11.6. The minimum Gasteiger partial charge on any atom is -0.400 e. The van der Waals surface area contributed by atoms with E-state index in [-0.39, 0.29) is 0 Å². The monoisotopic (exact) mass is 215 g/mol. The van der Waals surface area contributed by atoms with Gasteiger partial charge in [0.2, 0.25) is 0 Å². The fourth-order valence-electron chi connectivity index (χ4n) is 1.36. The van der Waals surface area contributed by atoms with Crippen LogP contribution in [0.2, 0.25) is 0 Å². The van der Waals surface area contributed by atoms with Crippen molar-refractivity contribution >= 4 is 5.69 Å². The van der Waals surface area contributed by atoms with Crippen LogP contribution in [0.15, 0.2) is 60.7 Å². The Kier molecular flexibility index (Phi) is 5.74. The van der Waals surface area contributed by atoms with Crippen molar-refractivity contribution in [1.29, 1.82) is 0 Å². The molecule has 0 aliphatic carbocycles. The zero-order valence-electron chi connectivity index (χ0n) is 9.43. The lowest BCUT2D eigenvalue weighted by Crippen LogP contribution is -1.98. The third-order valence-corrected chi connectivity index (χ3v) is 2.11. The van der Waals surface area contributed by atoms with Gasteiger partial charge in [0.25, 0.3) is 0 Å². The first-order valence-corrected chi connectivity index (χ1v) is 5.23. The molecule has 0 spiro atoms. The molecular formula is C14H17NO. The van der Waals surface area contributed by atoms with Gasteiger partial charge >= 0.3 is 0 Å². The van der Waals surface area contributed by atoms with Gasteiger partial charge in [-0.1, -0.05) is 48.5 Å². The molecule has 0 amide bonds. The number of nitrogens with one attached hydrogen (secondary N) is 1. The number of benzene rings is 2. The summed E-state index contributed by atoms with van der Waals surface area (Å²) in [5.41, 5.74) is 2.47. The van der Waals surface area contributed by atoms with Gasteiger partial charge < -0.3 is 10.4 Å². The van der Waals surface area contributed by atoms with Crippen LogP contribution in [0.25, 0.3) is 0 Å². The molecular weight excluding hydrogens is 198 g/mol. The van der Waals surface area contributed by atoms with E-state index in [0.717, 1.165) is 19.3 Å². The third-order valence-electron chi connectivity index (χ3n) is 2.11. The molecule has 0 radical (unpaired) electrons. The van der Waals surface area contributed by atoms with Crippen molar-refractivity contribution in [2.75, 3.05) is 12.4 Å². The van der Waals surface area contributed by atoms with Gasteiger partial charge in [0.15, 0.2) is 0 Å². The lowest BCUT2D eigenvalue weighted by Gasteiger charge is -2.05. The summed E-state index contributed by atoms with van der Waals surface area (Å²) in [6.07, 6.45) is 0. The van der Waals surface area contributed by atoms with E-state index in [1.165, 1.54) is 5.56 Å². The molecule has 0 aliphatic rings. The van der Waals surface area contributed by atoms with E-state index in [0.29, 0.717) is 0 Å². The van der Waals surface area contributed by atoms with Gasteiger partial charge in [-0.3, -0.25) is 0 Å². The third kappa shape index (κ3) is 4.15. The maximum atomic E-state index is 7.00. The Labute approximate surface area is 96.6 Å². The highest BCUT2D eigenvalue weighted by Crippen LogP contribution is 2.07. The highest BCUT2D eigenvalue weighted by Gasteiger charge is 1.90. The lowest BCUT2D eigenvalue weighted by atomic mass is 10.2. The normalized spacial score (nSPS) is 8.88. The number of para-hydroxylation sites is 1. The van der Waals surface area contributed by atoms with Crippen molar-refractivity contribution in [2.24, 2.45) is 0 Å². The number of aliphatic hydroxyl groups excluding tert-OH is 1. The molecule has 0 fully saturated rings. The van der Waals surface area contributed by atoms with E-state index >= 15 is 0 Å². The highest BCUT2D eigenvalue weighted by molar-refractivity contribution is 5.43. The number of anilines is 1. The first kappa shape index (κ1) is 12.3. The van der Waals surface area contributed by atoms with Gasteiger partial charge in [-0.25, -0.2) is 0 Å². The molecule has 0 saturated carbocycles. The summed E-state index contributed by atoms with van der Waals surface area (Å²) >= 11 is 0.